The first-order valence-electron chi connectivity index (χ1n) is 8.48. The fourth-order valence-corrected chi connectivity index (χ4v) is 2.86. The average molecular weight is 373 g/mol. The lowest BCUT2D eigenvalue weighted by atomic mass is 10.2. The summed E-state index contributed by atoms with van der Waals surface area (Å²) >= 11 is 0. The molecule has 0 bridgehead atoms. The molecule has 1 atom stereocenters. The lowest BCUT2D eigenvalue weighted by Gasteiger charge is -2.14. The van der Waals surface area contributed by atoms with Gasteiger partial charge >= 0.3 is 5.76 Å². The van der Waals surface area contributed by atoms with Crippen molar-refractivity contribution < 1.29 is 14.1 Å². The van der Waals surface area contributed by atoms with Crippen molar-refractivity contribution in [2.24, 2.45) is 0 Å². The lowest BCUT2D eigenvalue weighted by Crippen LogP contribution is -2.35. The van der Waals surface area contributed by atoms with E-state index in [1.807, 2.05) is 19.2 Å². The Morgan fingerprint density at radius 3 is 2.96 bits per heavy atom. The molecular formula is C17H19N5O5. The molecule has 10 nitrogen and oxygen atoms in total. The Hall–Kier alpha value is -3.43. The van der Waals surface area contributed by atoms with Crippen molar-refractivity contribution >= 4 is 22.7 Å². The molecule has 10 heteroatoms. The van der Waals surface area contributed by atoms with E-state index in [4.69, 9.17) is 4.42 Å². The molecule has 0 saturated carbocycles. The molecule has 1 N–H and O–H groups in total. The maximum atomic E-state index is 12.1. The number of nitro groups is 1. The molecule has 1 amide bonds. The Balaban J connectivity index is 1.55. The number of oxazole rings is 1. The molecule has 2 aromatic heterocycles. The average Bonchev–Trinajstić information content (AvgIpc) is 3.21. The van der Waals surface area contributed by atoms with Crippen molar-refractivity contribution in [1.29, 1.82) is 0 Å². The summed E-state index contributed by atoms with van der Waals surface area (Å²) in [4.78, 5) is 34.3. The van der Waals surface area contributed by atoms with Crippen molar-refractivity contribution in [3.63, 3.8) is 0 Å². The van der Waals surface area contributed by atoms with E-state index < -0.39 is 10.7 Å². The number of hydrogen-bond acceptors (Lipinski definition) is 6. The molecule has 0 aliphatic heterocycles. The zero-order chi connectivity index (χ0) is 19.4. The number of nitro benzene ring substituents is 1. The largest absolute Gasteiger partial charge is 0.419 e. The quantitative estimate of drug-likeness (QED) is 0.473. The highest BCUT2D eigenvalue weighted by Gasteiger charge is 2.14. The van der Waals surface area contributed by atoms with E-state index in [0.29, 0.717) is 18.5 Å². The van der Waals surface area contributed by atoms with Crippen molar-refractivity contribution in [2.45, 2.75) is 38.9 Å². The summed E-state index contributed by atoms with van der Waals surface area (Å²) in [5.74, 6) is -0.718. The van der Waals surface area contributed by atoms with Crippen LogP contribution in [0.15, 0.2) is 45.9 Å². The van der Waals surface area contributed by atoms with Crippen LogP contribution in [-0.2, 0) is 17.9 Å². The molecule has 0 aliphatic carbocycles. The number of non-ortho nitro benzene ring substituents is 1. The predicted molar refractivity (Wildman–Crippen MR) is 96.2 cm³/mol. The predicted octanol–water partition coefficient (Wildman–Crippen LogP) is 1.68. The summed E-state index contributed by atoms with van der Waals surface area (Å²) in [6.45, 7) is 2.74. The van der Waals surface area contributed by atoms with Crippen molar-refractivity contribution in [1.82, 2.24) is 19.7 Å². The van der Waals surface area contributed by atoms with Crippen LogP contribution in [0, 0.1) is 10.1 Å². The highest BCUT2D eigenvalue weighted by Crippen LogP contribution is 2.20. The molecule has 2 heterocycles. The van der Waals surface area contributed by atoms with Gasteiger partial charge in [-0.25, -0.2) is 4.79 Å². The standard InChI is InChI=1S/C17H19N5O5/c1-12(11-20-8-3-7-18-20)19-16(23)4-2-9-21-14-6-5-13(22(25)26)10-15(14)27-17(21)24/h3,5-8,10,12H,2,4,9,11H2,1H3,(H,19,23). The smallest absolute Gasteiger partial charge is 0.407 e. The van der Waals surface area contributed by atoms with Gasteiger partial charge < -0.3 is 9.73 Å². The van der Waals surface area contributed by atoms with Crippen molar-refractivity contribution in [2.75, 3.05) is 0 Å². The van der Waals surface area contributed by atoms with Crippen LogP contribution < -0.4 is 11.1 Å². The van der Waals surface area contributed by atoms with E-state index in [9.17, 15) is 19.7 Å². The van der Waals surface area contributed by atoms with Gasteiger partial charge in [0.2, 0.25) is 5.91 Å². The van der Waals surface area contributed by atoms with Crippen LogP contribution in [0.3, 0.4) is 0 Å². The van der Waals surface area contributed by atoms with Gasteiger partial charge in [0.1, 0.15) is 0 Å². The van der Waals surface area contributed by atoms with E-state index >= 15 is 0 Å². The van der Waals surface area contributed by atoms with Gasteiger partial charge in [0.25, 0.3) is 5.69 Å². The minimum atomic E-state index is -0.599. The van der Waals surface area contributed by atoms with E-state index in [1.165, 1.54) is 22.8 Å². The minimum absolute atomic E-state index is 0.0737. The van der Waals surface area contributed by atoms with Crippen LogP contribution in [-0.4, -0.2) is 31.2 Å². The van der Waals surface area contributed by atoms with E-state index in [0.717, 1.165) is 0 Å². The molecule has 1 aromatic carbocycles. The number of carbonyl (C=O) groups excluding carboxylic acids is 1. The molecular weight excluding hydrogens is 354 g/mol. The first-order valence-corrected chi connectivity index (χ1v) is 8.48. The summed E-state index contributed by atoms with van der Waals surface area (Å²) < 4.78 is 8.18. The second-order valence-electron chi connectivity index (χ2n) is 6.23. The molecule has 0 spiro atoms. The lowest BCUT2D eigenvalue weighted by molar-refractivity contribution is -0.384. The Bertz CT molecular complexity index is 1000. The van der Waals surface area contributed by atoms with Gasteiger partial charge in [-0.05, 0) is 25.5 Å². The Labute approximate surface area is 153 Å². The summed E-state index contributed by atoms with van der Waals surface area (Å²) in [5.41, 5.74) is 0.485. The monoisotopic (exact) mass is 373 g/mol. The summed E-state index contributed by atoms with van der Waals surface area (Å²) in [7, 11) is 0. The van der Waals surface area contributed by atoms with Gasteiger partial charge in [0.15, 0.2) is 5.58 Å². The number of aryl methyl sites for hydroxylation is 1. The Kier molecular flexibility index (Phi) is 5.34. The van der Waals surface area contributed by atoms with Gasteiger partial charge in [-0.2, -0.15) is 5.10 Å². The molecule has 0 fully saturated rings. The fourth-order valence-electron chi connectivity index (χ4n) is 2.86. The molecule has 0 aliphatic rings. The molecule has 0 radical (unpaired) electrons. The van der Waals surface area contributed by atoms with E-state index in [2.05, 4.69) is 10.4 Å². The third-order valence-corrected chi connectivity index (χ3v) is 4.08. The number of nitrogens with one attached hydrogen (secondary N) is 1. The van der Waals surface area contributed by atoms with Crippen LogP contribution in [0.4, 0.5) is 5.69 Å². The Morgan fingerprint density at radius 1 is 1.44 bits per heavy atom. The summed E-state index contributed by atoms with van der Waals surface area (Å²) in [6, 6.07) is 5.75. The van der Waals surface area contributed by atoms with Crippen LogP contribution in [0.25, 0.3) is 11.1 Å². The highest BCUT2D eigenvalue weighted by molar-refractivity contribution is 5.77. The molecule has 0 saturated heterocycles. The van der Waals surface area contributed by atoms with Crippen LogP contribution in [0.2, 0.25) is 0 Å². The van der Waals surface area contributed by atoms with Crippen molar-refractivity contribution in [3.8, 4) is 0 Å². The second-order valence-corrected chi connectivity index (χ2v) is 6.23. The number of carbonyl (C=O) groups is 1. The molecule has 3 rings (SSSR count). The van der Waals surface area contributed by atoms with Gasteiger partial charge in [0, 0.05) is 37.5 Å². The second kappa shape index (κ2) is 7.85. The maximum absolute atomic E-state index is 12.1. The van der Waals surface area contributed by atoms with Crippen LogP contribution >= 0.6 is 0 Å². The number of amides is 1. The zero-order valence-electron chi connectivity index (χ0n) is 14.7. The molecule has 142 valence electrons. The normalized spacial score (nSPS) is 12.2. The minimum Gasteiger partial charge on any atom is -0.407 e. The number of hydrogen-bond donors (Lipinski definition) is 1. The van der Waals surface area contributed by atoms with Gasteiger partial charge in [-0.15, -0.1) is 0 Å². The fraction of sp³-hybridized carbons (Fsp3) is 0.353. The third-order valence-electron chi connectivity index (χ3n) is 4.08. The van der Waals surface area contributed by atoms with Crippen molar-refractivity contribution in [3.05, 3.63) is 57.3 Å². The van der Waals surface area contributed by atoms with E-state index in [1.54, 1.807) is 10.9 Å². The number of benzene rings is 1. The SMILES string of the molecule is CC(Cn1cccn1)NC(=O)CCCn1c(=O)oc2cc([N+](=O)[O-])ccc21. The number of fused-ring (bicyclic) bond motifs is 1. The topological polar surface area (TPSA) is 125 Å². The summed E-state index contributed by atoms with van der Waals surface area (Å²) in [6.07, 6.45) is 4.18. The van der Waals surface area contributed by atoms with Gasteiger partial charge in [-0.1, -0.05) is 0 Å². The first kappa shape index (κ1) is 18.4. The van der Waals surface area contributed by atoms with E-state index in [-0.39, 0.29) is 36.2 Å². The maximum Gasteiger partial charge on any atom is 0.419 e. The molecule has 3 aromatic rings. The van der Waals surface area contributed by atoms with Crippen LogP contribution in [0.1, 0.15) is 19.8 Å². The van der Waals surface area contributed by atoms with Gasteiger partial charge in [0.05, 0.1) is 23.1 Å². The van der Waals surface area contributed by atoms with Crippen LogP contribution in [0.5, 0.6) is 0 Å². The Morgan fingerprint density at radius 2 is 2.26 bits per heavy atom. The highest BCUT2D eigenvalue weighted by atomic mass is 16.6. The molecule has 27 heavy (non-hydrogen) atoms. The third kappa shape index (κ3) is 4.40. The number of aromatic nitrogens is 3. The first-order chi connectivity index (χ1) is 12.9. The number of nitrogens with zero attached hydrogens (tertiary/aromatic N) is 4. The zero-order valence-corrected chi connectivity index (χ0v) is 14.7. The molecule has 1 unspecified atom stereocenters. The summed E-state index contributed by atoms with van der Waals surface area (Å²) in [5, 5.41) is 17.8. The van der Waals surface area contributed by atoms with Gasteiger partial charge in [-0.3, -0.25) is 24.2 Å². The number of rotatable bonds is 8.